The van der Waals surface area contributed by atoms with Crippen LogP contribution in [0.1, 0.15) is 32.1 Å². The Kier molecular flexibility index (Phi) is 9.34. The van der Waals surface area contributed by atoms with E-state index >= 15 is 0 Å². The summed E-state index contributed by atoms with van der Waals surface area (Å²) in [5, 5.41) is 17.0. The van der Waals surface area contributed by atoms with Gasteiger partial charge in [-0.25, -0.2) is 14.8 Å². The third-order valence-corrected chi connectivity index (χ3v) is 6.75. The zero-order valence-corrected chi connectivity index (χ0v) is 15.8. The molecule has 3 saturated heterocycles. The monoisotopic (exact) mass is 445 g/mol. The van der Waals surface area contributed by atoms with Gasteiger partial charge in [-0.3, -0.25) is 9.59 Å². The van der Waals surface area contributed by atoms with E-state index in [0.29, 0.717) is 28.8 Å². The number of thioether (sulfide) groups is 1. The van der Waals surface area contributed by atoms with E-state index in [4.69, 9.17) is 10.1 Å². The Labute approximate surface area is 191 Å². The summed E-state index contributed by atoms with van der Waals surface area (Å²) in [6, 6.07) is 0.149. The van der Waals surface area contributed by atoms with Gasteiger partial charge in [-0.1, -0.05) is 11.5 Å². The van der Waals surface area contributed by atoms with Crippen LogP contribution in [0.15, 0.2) is 0 Å². The number of fused-ring (bicyclic) bond motifs is 1. The van der Waals surface area contributed by atoms with Gasteiger partial charge in [0.1, 0.15) is 5.25 Å². The van der Waals surface area contributed by atoms with Crippen molar-refractivity contribution in [3.63, 3.8) is 0 Å². The second-order valence-corrected chi connectivity index (χ2v) is 8.46. The normalized spacial score (nSPS) is 28.6. The van der Waals surface area contributed by atoms with E-state index in [1.807, 2.05) is 0 Å². The molecule has 3 fully saturated rings. The summed E-state index contributed by atoms with van der Waals surface area (Å²) in [5.74, 6) is -1.20. The molecule has 152 valence electrons. The molecule has 0 aromatic rings. The van der Waals surface area contributed by atoms with Gasteiger partial charge in [-0.05, 0) is 12.8 Å². The van der Waals surface area contributed by atoms with E-state index in [-0.39, 0.29) is 60.5 Å². The second-order valence-electron chi connectivity index (χ2n) is 6.29. The fourth-order valence-corrected chi connectivity index (χ4v) is 5.29. The van der Waals surface area contributed by atoms with E-state index in [9.17, 15) is 19.2 Å². The number of nitrogens with one attached hydrogen (secondary N) is 2. The molecule has 28 heavy (non-hydrogen) atoms. The van der Waals surface area contributed by atoms with Gasteiger partial charge in [0.25, 0.3) is 11.8 Å². The van der Waals surface area contributed by atoms with Crippen LogP contribution in [0, 0.1) is 0 Å². The molecule has 3 rings (SSSR count). The van der Waals surface area contributed by atoms with Crippen molar-refractivity contribution in [2.45, 2.75) is 54.7 Å². The van der Waals surface area contributed by atoms with Crippen LogP contribution in [-0.4, -0.2) is 92.0 Å². The van der Waals surface area contributed by atoms with Crippen molar-refractivity contribution in [1.82, 2.24) is 15.7 Å². The number of carbonyl (C=O) groups excluding carboxylic acids is 4. The molecular weight excluding hydrogens is 425 g/mol. The van der Waals surface area contributed by atoms with E-state index < -0.39 is 23.0 Å². The Morgan fingerprint density at radius 2 is 2.07 bits per heavy atom. The molecule has 4 amide bonds. The molecule has 3 aliphatic rings. The fourth-order valence-electron chi connectivity index (χ4n) is 3.22. The summed E-state index contributed by atoms with van der Waals surface area (Å²) in [6.07, 6.45) is 2.00. The molecule has 0 aliphatic carbocycles. The van der Waals surface area contributed by atoms with Crippen molar-refractivity contribution in [2.75, 3.05) is 5.75 Å². The quantitative estimate of drug-likeness (QED) is 0.0824. The topological polar surface area (TPSA) is 144 Å². The standard InChI is InChI=1S/C14H19N3O8S2.Na.H/c18-10-5-9(27-25-24-22)13(20)17(10)23-11(19)4-2-1-3-8-12-7(6-26-8)15-14(21)16-12;;/h7-9,12,22H,1-6H2,(H2,15,16,21);;/t7-,8?,9?,12-;;/m0../s1. The van der Waals surface area contributed by atoms with Crippen LogP contribution >= 0.6 is 23.8 Å². The van der Waals surface area contributed by atoms with E-state index in [0.717, 1.165) is 18.6 Å². The van der Waals surface area contributed by atoms with Crippen molar-refractivity contribution in [3.8, 4) is 0 Å². The van der Waals surface area contributed by atoms with Crippen LogP contribution in [0.4, 0.5) is 4.79 Å². The van der Waals surface area contributed by atoms with Gasteiger partial charge >= 0.3 is 41.6 Å². The molecule has 3 aliphatic heterocycles. The summed E-state index contributed by atoms with van der Waals surface area (Å²) in [4.78, 5) is 51.8. The molecule has 0 radical (unpaired) electrons. The SMILES string of the molecule is O=C1N[C@H]2CSC(CCCCC(=O)ON3C(=O)CC(SOOO)C3=O)[C@H]2N1.[NaH]. The van der Waals surface area contributed by atoms with Crippen LogP contribution in [0.5, 0.6) is 0 Å². The minimum absolute atomic E-state index is 0. The average molecular weight is 445 g/mol. The van der Waals surface area contributed by atoms with Crippen LogP contribution in [0.3, 0.4) is 0 Å². The van der Waals surface area contributed by atoms with Crippen molar-refractivity contribution in [2.24, 2.45) is 0 Å². The Morgan fingerprint density at radius 3 is 2.82 bits per heavy atom. The minimum atomic E-state index is -0.944. The molecule has 0 spiro atoms. The van der Waals surface area contributed by atoms with Crippen LogP contribution < -0.4 is 10.6 Å². The molecule has 2 unspecified atom stereocenters. The number of imide groups is 1. The summed E-state index contributed by atoms with van der Waals surface area (Å²) in [7, 11) is 0. The predicted octanol–water partition coefficient (Wildman–Crippen LogP) is -0.281. The first kappa shape index (κ1) is 23.7. The van der Waals surface area contributed by atoms with Crippen molar-refractivity contribution in [3.05, 3.63) is 0 Å². The van der Waals surface area contributed by atoms with Crippen molar-refractivity contribution >= 4 is 77.2 Å². The zero-order valence-electron chi connectivity index (χ0n) is 14.1. The molecule has 3 heterocycles. The van der Waals surface area contributed by atoms with Crippen LogP contribution in [-0.2, 0) is 28.6 Å². The van der Waals surface area contributed by atoms with Gasteiger partial charge in [0.05, 0.1) is 18.5 Å². The van der Waals surface area contributed by atoms with E-state index in [2.05, 4.69) is 20.0 Å². The molecule has 0 bridgehead atoms. The first-order chi connectivity index (χ1) is 13.0. The maximum absolute atomic E-state index is 11.9. The van der Waals surface area contributed by atoms with Gasteiger partial charge in [-0.2, -0.15) is 11.8 Å². The van der Waals surface area contributed by atoms with Gasteiger partial charge < -0.3 is 15.5 Å². The van der Waals surface area contributed by atoms with E-state index in [1.165, 1.54) is 0 Å². The molecule has 14 heteroatoms. The number of nitrogens with zero attached hydrogens (tertiary/aromatic N) is 1. The summed E-state index contributed by atoms with van der Waals surface area (Å²) < 4.78 is 4.15. The predicted molar refractivity (Wildman–Crippen MR) is 99.8 cm³/mol. The molecule has 3 N–H and O–H groups in total. The number of urea groups is 1. The Balaban J connectivity index is 0.00000280. The second kappa shape index (κ2) is 11.0. The van der Waals surface area contributed by atoms with Crippen molar-refractivity contribution < 1.29 is 38.6 Å². The first-order valence-electron chi connectivity index (χ1n) is 8.39. The molecule has 0 aromatic carbocycles. The number of hydrogen-bond donors (Lipinski definition) is 3. The van der Waals surface area contributed by atoms with Gasteiger partial charge in [-0.15, -0.1) is 9.40 Å². The number of carbonyl (C=O) groups is 4. The number of unbranched alkanes of at least 4 members (excludes halogenated alkanes) is 1. The Morgan fingerprint density at radius 1 is 1.29 bits per heavy atom. The average Bonchev–Trinajstić information content (AvgIpc) is 3.26. The third kappa shape index (κ3) is 5.75. The van der Waals surface area contributed by atoms with Gasteiger partial charge in [0, 0.05) is 29.5 Å². The molecule has 0 saturated carbocycles. The number of hydroxylamine groups is 2. The van der Waals surface area contributed by atoms with Gasteiger partial charge in [0.2, 0.25) is 0 Å². The molecular formula is C14H20N3NaO8S2. The van der Waals surface area contributed by atoms with Gasteiger partial charge in [0.15, 0.2) is 0 Å². The summed E-state index contributed by atoms with van der Waals surface area (Å²) in [6.45, 7) is 0. The Hall–Kier alpha value is -0.540. The molecule has 0 aromatic heterocycles. The number of hydrogen-bond acceptors (Lipinski definition) is 10. The fraction of sp³-hybridized carbons (Fsp3) is 0.714. The maximum atomic E-state index is 11.9. The molecule has 11 nitrogen and oxygen atoms in total. The Bertz CT molecular complexity index is 627. The first-order valence-corrected chi connectivity index (χ1v) is 10.2. The summed E-state index contributed by atoms with van der Waals surface area (Å²) in [5.41, 5.74) is 0. The zero-order chi connectivity index (χ0) is 19.4. The molecule has 4 atom stereocenters. The number of amides is 4. The van der Waals surface area contributed by atoms with Crippen LogP contribution in [0.25, 0.3) is 0 Å². The summed E-state index contributed by atoms with van der Waals surface area (Å²) >= 11 is 2.25. The van der Waals surface area contributed by atoms with Crippen molar-refractivity contribution in [1.29, 1.82) is 0 Å². The third-order valence-electron chi connectivity index (χ3n) is 4.50. The van der Waals surface area contributed by atoms with E-state index in [1.54, 1.807) is 11.8 Å². The number of rotatable bonds is 9. The van der Waals surface area contributed by atoms with Crippen LogP contribution in [0.2, 0.25) is 0 Å².